The largest absolute Gasteiger partial charge is 0.456 e. The molecule has 0 atom stereocenters. The second kappa shape index (κ2) is 3.42. The highest BCUT2D eigenvalue weighted by atomic mass is 19.1. The van der Waals surface area contributed by atoms with Crippen LogP contribution in [-0.4, -0.2) is 7.05 Å². The molecule has 0 radical (unpaired) electrons. The van der Waals surface area contributed by atoms with Crippen LogP contribution in [0.1, 0.15) is 11.3 Å². The molecule has 74 valence electrons. The van der Waals surface area contributed by atoms with Gasteiger partial charge in [-0.3, -0.25) is 0 Å². The van der Waals surface area contributed by atoms with Crippen LogP contribution in [-0.2, 0) is 6.54 Å². The maximum absolute atomic E-state index is 13.3. The van der Waals surface area contributed by atoms with Crippen molar-refractivity contribution in [3.05, 3.63) is 35.3 Å². The van der Waals surface area contributed by atoms with Gasteiger partial charge in [-0.05, 0) is 25.6 Å². The van der Waals surface area contributed by atoms with E-state index in [9.17, 15) is 4.39 Å². The third-order valence-electron chi connectivity index (χ3n) is 2.35. The Balaban J connectivity index is 2.67. The SMILES string of the molecule is CNCc1oc2c(F)cccc2c1C. The van der Waals surface area contributed by atoms with E-state index in [2.05, 4.69) is 5.32 Å². The summed E-state index contributed by atoms with van der Waals surface area (Å²) < 4.78 is 18.7. The molecule has 2 nitrogen and oxygen atoms in total. The summed E-state index contributed by atoms with van der Waals surface area (Å²) in [6.07, 6.45) is 0. The number of halogens is 1. The van der Waals surface area contributed by atoms with Crippen LogP contribution in [0.25, 0.3) is 11.0 Å². The molecule has 0 aliphatic carbocycles. The van der Waals surface area contributed by atoms with Gasteiger partial charge in [-0.2, -0.15) is 0 Å². The van der Waals surface area contributed by atoms with E-state index in [1.54, 1.807) is 6.07 Å². The normalized spacial score (nSPS) is 11.1. The molecule has 1 aromatic heterocycles. The maximum Gasteiger partial charge on any atom is 0.170 e. The molecular weight excluding hydrogens is 181 g/mol. The standard InChI is InChI=1S/C11H12FNO/c1-7-8-4-3-5-9(12)11(8)14-10(7)6-13-2/h3-5,13H,6H2,1-2H3. The summed E-state index contributed by atoms with van der Waals surface area (Å²) >= 11 is 0. The molecule has 0 saturated heterocycles. The lowest BCUT2D eigenvalue weighted by atomic mass is 10.1. The van der Waals surface area contributed by atoms with Gasteiger partial charge in [-0.1, -0.05) is 12.1 Å². The molecule has 3 heteroatoms. The topological polar surface area (TPSA) is 25.2 Å². The second-order valence-electron chi connectivity index (χ2n) is 3.30. The van der Waals surface area contributed by atoms with Crippen LogP contribution in [0.15, 0.2) is 22.6 Å². The number of hydrogen-bond acceptors (Lipinski definition) is 2. The van der Waals surface area contributed by atoms with Crippen LogP contribution >= 0.6 is 0 Å². The summed E-state index contributed by atoms with van der Waals surface area (Å²) in [4.78, 5) is 0. The number of rotatable bonds is 2. The quantitative estimate of drug-likeness (QED) is 0.793. The monoisotopic (exact) mass is 193 g/mol. The lowest BCUT2D eigenvalue weighted by molar-refractivity contribution is 0.504. The fraction of sp³-hybridized carbons (Fsp3) is 0.273. The summed E-state index contributed by atoms with van der Waals surface area (Å²) in [5, 5.41) is 3.85. The van der Waals surface area contributed by atoms with E-state index in [4.69, 9.17) is 4.42 Å². The fourth-order valence-electron chi connectivity index (χ4n) is 1.59. The highest BCUT2D eigenvalue weighted by Crippen LogP contribution is 2.26. The van der Waals surface area contributed by atoms with Gasteiger partial charge in [0.1, 0.15) is 5.76 Å². The summed E-state index contributed by atoms with van der Waals surface area (Å²) in [5.74, 6) is 0.501. The summed E-state index contributed by atoms with van der Waals surface area (Å²) in [6, 6.07) is 4.98. The molecule has 1 heterocycles. The van der Waals surface area contributed by atoms with Gasteiger partial charge in [0.15, 0.2) is 11.4 Å². The molecule has 0 bridgehead atoms. The van der Waals surface area contributed by atoms with Gasteiger partial charge in [0.25, 0.3) is 0 Å². The van der Waals surface area contributed by atoms with Gasteiger partial charge < -0.3 is 9.73 Å². The fourth-order valence-corrected chi connectivity index (χ4v) is 1.59. The first-order valence-electron chi connectivity index (χ1n) is 4.55. The zero-order valence-electron chi connectivity index (χ0n) is 8.23. The third-order valence-corrected chi connectivity index (χ3v) is 2.35. The molecule has 0 amide bonds. The van der Waals surface area contributed by atoms with Crippen LogP contribution in [0.5, 0.6) is 0 Å². The maximum atomic E-state index is 13.3. The molecule has 1 N–H and O–H groups in total. The van der Waals surface area contributed by atoms with E-state index >= 15 is 0 Å². The zero-order chi connectivity index (χ0) is 10.1. The molecule has 0 saturated carbocycles. The van der Waals surface area contributed by atoms with Gasteiger partial charge in [-0.25, -0.2) is 4.39 Å². The van der Waals surface area contributed by atoms with Crippen LogP contribution in [0.2, 0.25) is 0 Å². The van der Waals surface area contributed by atoms with E-state index in [1.807, 2.05) is 20.0 Å². The lowest BCUT2D eigenvalue weighted by Gasteiger charge is -1.94. The third kappa shape index (κ3) is 1.30. The average molecular weight is 193 g/mol. The van der Waals surface area contributed by atoms with E-state index in [1.165, 1.54) is 6.07 Å². The Morgan fingerprint density at radius 3 is 2.86 bits per heavy atom. The molecule has 0 fully saturated rings. The molecule has 2 aromatic rings. The Bertz CT molecular complexity index is 462. The minimum absolute atomic E-state index is 0.298. The number of benzene rings is 1. The predicted molar refractivity (Wildman–Crippen MR) is 53.7 cm³/mol. The Morgan fingerprint density at radius 1 is 1.43 bits per heavy atom. The van der Waals surface area contributed by atoms with Crippen molar-refractivity contribution in [3.63, 3.8) is 0 Å². The summed E-state index contributed by atoms with van der Waals surface area (Å²) in [6.45, 7) is 2.57. The summed E-state index contributed by atoms with van der Waals surface area (Å²) in [7, 11) is 1.84. The van der Waals surface area contributed by atoms with Crippen molar-refractivity contribution >= 4 is 11.0 Å². The molecule has 0 aliphatic rings. The Morgan fingerprint density at radius 2 is 2.21 bits per heavy atom. The van der Waals surface area contributed by atoms with Gasteiger partial charge in [0, 0.05) is 5.39 Å². The van der Waals surface area contributed by atoms with Crippen molar-refractivity contribution in [2.24, 2.45) is 0 Å². The van der Waals surface area contributed by atoms with Crippen molar-refractivity contribution in [2.75, 3.05) is 7.05 Å². The Kier molecular flexibility index (Phi) is 2.25. The molecule has 1 aromatic carbocycles. The zero-order valence-corrected chi connectivity index (χ0v) is 8.23. The van der Waals surface area contributed by atoms with Crippen LogP contribution < -0.4 is 5.32 Å². The molecular formula is C11H12FNO. The van der Waals surface area contributed by atoms with Gasteiger partial charge in [0.2, 0.25) is 0 Å². The van der Waals surface area contributed by atoms with E-state index in [0.717, 1.165) is 16.7 Å². The lowest BCUT2D eigenvalue weighted by Crippen LogP contribution is -2.04. The number of fused-ring (bicyclic) bond motifs is 1. The number of furan rings is 1. The Labute approximate surface area is 81.7 Å². The number of nitrogens with one attached hydrogen (secondary N) is 1. The first kappa shape index (κ1) is 9.21. The second-order valence-corrected chi connectivity index (χ2v) is 3.30. The van der Waals surface area contributed by atoms with Gasteiger partial charge in [-0.15, -0.1) is 0 Å². The molecule has 0 aliphatic heterocycles. The first-order valence-corrected chi connectivity index (χ1v) is 4.55. The van der Waals surface area contributed by atoms with Crippen molar-refractivity contribution in [1.82, 2.24) is 5.32 Å². The van der Waals surface area contributed by atoms with Crippen LogP contribution in [0, 0.1) is 12.7 Å². The van der Waals surface area contributed by atoms with Gasteiger partial charge in [0.05, 0.1) is 6.54 Å². The van der Waals surface area contributed by atoms with E-state index in [-0.39, 0.29) is 5.82 Å². The molecule has 0 spiro atoms. The van der Waals surface area contributed by atoms with Gasteiger partial charge >= 0.3 is 0 Å². The summed E-state index contributed by atoms with van der Waals surface area (Å²) in [5.41, 5.74) is 1.36. The minimum atomic E-state index is -0.298. The minimum Gasteiger partial charge on any atom is -0.456 e. The number of hydrogen-bond donors (Lipinski definition) is 1. The van der Waals surface area contributed by atoms with Crippen molar-refractivity contribution < 1.29 is 8.81 Å². The van der Waals surface area contributed by atoms with Crippen LogP contribution in [0.4, 0.5) is 4.39 Å². The van der Waals surface area contributed by atoms with E-state index in [0.29, 0.717) is 12.1 Å². The predicted octanol–water partition coefficient (Wildman–Crippen LogP) is 2.60. The smallest absolute Gasteiger partial charge is 0.170 e. The van der Waals surface area contributed by atoms with Crippen molar-refractivity contribution in [2.45, 2.75) is 13.5 Å². The number of para-hydroxylation sites is 1. The average Bonchev–Trinajstić information content (AvgIpc) is 2.48. The highest BCUT2D eigenvalue weighted by molar-refractivity contribution is 5.82. The molecule has 0 unspecified atom stereocenters. The van der Waals surface area contributed by atoms with Crippen molar-refractivity contribution in [3.8, 4) is 0 Å². The van der Waals surface area contributed by atoms with Crippen LogP contribution in [0.3, 0.4) is 0 Å². The molecule has 14 heavy (non-hydrogen) atoms. The Hall–Kier alpha value is -1.35. The molecule has 2 rings (SSSR count). The van der Waals surface area contributed by atoms with Crippen molar-refractivity contribution in [1.29, 1.82) is 0 Å². The number of aryl methyl sites for hydroxylation is 1. The van der Waals surface area contributed by atoms with E-state index < -0.39 is 0 Å². The first-order chi connectivity index (χ1) is 6.74. The highest BCUT2D eigenvalue weighted by Gasteiger charge is 2.12.